The van der Waals surface area contributed by atoms with Gasteiger partial charge < -0.3 is 9.64 Å². The van der Waals surface area contributed by atoms with Crippen LogP contribution in [0.5, 0.6) is 5.75 Å². The molecule has 8 nitrogen and oxygen atoms in total. The summed E-state index contributed by atoms with van der Waals surface area (Å²) in [5, 5.41) is 4.16. The second-order valence-electron chi connectivity index (χ2n) is 7.53. The molecule has 1 saturated heterocycles. The molecule has 1 unspecified atom stereocenters. The van der Waals surface area contributed by atoms with Crippen LogP contribution in [0.4, 0.5) is 8.78 Å². The average Bonchev–Trinajstić information content (AvgIpc) is 3.21. The molecule has 4 heterocycles. The summed E-state index contributed by atoms with van der Waals surface area (Å²) < 4.78 is 33.6. The van der Waals surface area contributed by atoms with Gasteiger partial charge in [-0.1, -0.05) is 6.92 Å². The monoisotopic (exact) mass is 416 g/mol. The van der Waals surface area contributed by atoms with Gasteiger partial charge in [0.25, 0.3) is 18.1 Å². The van der Waals surface area contributed by atoms with Gasteiger partial charge in [-0.2, -0.15) is 10.1 Å². The first-order valence-electron chi connectivity index (χ1n) is 9.67. The van der Waals surface area contributed by atoms with E-state index in [0.29, 0.717) is 35.8 Å². The Morgan fingerprint density at radius 2 is 2.10 bits per heavy atom. The van der Waals surface area contributed by atoms with Crippen molar-refractivity contribution in [2.45, 2.75) is 32.6 Å². The number of amides is 1. The number of nitrogens with zero attached hydrogens (tertiary/aromatic N) is 6. The van der Waals surface area contributed by atoms with Crippen LogP contribution in [0.15, 0.2) is 24.7 Å². The van der Waals surface area contributed by atoms with Gasteiger partial charge in [-0.3, -0.25) is 9.78 Å². The third-order valence-electron chi connectivity index (χ3n) is 5.60. The Morgan fingerprint density at radius 1 is 1.30 bits per heavy atom. The highest BCUT2D eigenvalue weighted by atomic mass is 19.3. The summed E-state index contributed by atoms with van der Waals surface area (Å²) in [6.45, 7) is 4.79. The minimum Gasteiger partial charge on any atom is -0.494 e. The summed E-state index contributed by atoms with van der Waals surface area (Å²) in [4.78, 5) is 27.0. The van der Waals surface area contributed by atoms with E-state index in [9.17, 15) is 13.6 Å². The molecular weight excluding hydrogens is 394 g/mol. The smallest absolute Gasteiger partial charge is 0.280 e. The Balaban J connectivity index is 1.70. The van der Waals surface area contributed by atoms with Crippen molar-refractivity contribution < 1.29 is 18.3 Å². The highest BCUT2D eigenvalue weighted by Gasteiger charge is 2.34. The summed E-state index contributed by atoms with van der Waals surface area (Å²) in [6, 6.07) is 3.07. The normalized spacial score (nSPS) is 19.5. The molecule has 0 saturated carbocycles. The highest BCUT2D eigenvalue weighted by Crippen LogP contribution is 2.34. The van der Waals surface area contributed by atoms with Crippen molar-refractivity contribution in [3.05, 3.63) is 47.3 Å². The maximum absolute atomic E-state index is 13.4. The molecule has 3 aromatic rings. The third kappa shape index (κ3) is 3.57. The maximum Gasteiger partial charge on any atom is 0.280 e. The number of piperidine rings is 1. The summed E-state index contributed by atoms with van der Waals surface area (Å²) in [6.07, 6.45) is 0.836. The number of likely N-dealkylation sites (tertiary alicyclic amines) is 1. The zero-order valence-corrected chi connectivity index (χ0v) is 16.9. The molecule has 1 fully saturated rings. The van der Waals surface area contributed by atoms with Crippen LogP contribution in [0.25, 0.3) is 5.78 Å². The minimum atomic E-state index is -2.72. The fourth-order valence-corrected chi connectivity index (χ4v) is 3.92. The predicted molar refractivity (Wildman–Crippen MR) is 104 cm³/mol. The first-order chi connectivity index (χ1) is 14.4. The molecule has 0 N–H and O–H groups in total. The number of alkyl halides is 2. The second kappa shape index (κ2) is 7.92. The molecule has 30 heavy (non-hydrogen) atoms. The van der Waals surface area contributed by atoms with Crippen LogP contribution >= 0.6 is 0 Å². The van der Waals surface area contributed by atoms with E-state index in [-0.39, 0.29) is 29.2 Å². The Labute approximate surface area is 171 Å². The zero-order valence-electron chi connectivity index (χ0n) is 16.9. The van der Waals surface area contributed by atoms with Gasteiger partial charge in [-0.05, 0) is 31.4 Å². The van der Waals surface area contributed by atoms with Crippen molar-refractivity contribution >= 4 is 11.7 Å². The number of aryl methyl sites for hydroxylation is 1. The van der Waals surface area contributed by atoms with Gasteiger partial charge >= 0.3 is 0 Å². The number of aromatic nitrogens is 5. The van der Waals surface area contributed by atoms with Gasteiger partial charge in [0.15, 0.2) is 0 Å². The number of rotatable bonds is 4. The van der Waals surface area contributed by atoms with E-state index in [1.165, 1.54) is 30.2 Å². The largest absolute Gasteiger partial charge is 0.494 e. The first-order valence-corrected chi connectivity index (χ1v) is 9.67. The number of carbonyl (C=O) groups excluding carboxylic acids is 1. The van der Waals surface area contributed by atoms with E-state index in [4.69, 9.17) is 4.74 Å². The van der Waals surface area contributed by atoms with Crippen LogP contribution < -0.4 is 4.74 Å². The van der Waals surface area contributed by atoms with Gasteiger partial charge in [0.1, 0.15) is 17.8 Å². The average molecular weight is 416 g/mol. The molecule has 0 bridgehead atoms. The molecule has 0 aromatic carbocycles. The topological polar surface area (TPSA) is 85.5 Å². The zero-order chi connectivity index (χ0) is 21.4. The molecule has 3 aromatic heterocycles. The molecule has 2 atom stereocenters. The minimum absolute atomic E-state index is 0.130. The molecule has 0 spiro atoms. The lowest BCUT2D eigenvalue weighted by Gasteiger charge is -2.37. The van der Waals surface area contributed by atoms with Crippen molar-refractivity contribution in [3.8, 4) is 5.75 Å². The van der Waals surface area contributed by atoms with Gasteiger partial charge in [-0.15, -0.1) is 0 Å². The van der Waals surface area contributed by atoms with E-state index in [2.05, 4.69) is 27.0 Å². The molecular formula is C20H22F2N6O2. The highest BCUT2D eigenvalue weighted by molar-refractivity contribution is 5.97. The number of carbonyl (C=O) groups is 1. The third-order valence-corrected chi connectivity index (χ3v) is 5.60. The molecule has 1 aliphatic rings. The van der Waals surface area contributed by atoms with Crippen molar-refractivity contribution in [2.75, 3.05) is 20.2 Å². The second-order valence-corrected chi connectivity index (χ2v) is 7.53. The maximum atomic E-state index is 13.4. The van der Waals surface area contributed by atoms with Crippen LogP contribution in [0.1, 0.15) is 53.1 Å². The molecule has 10 heteroatoms. The van der Waals surface area contributed by atoms with E-state index in [1.54, 1.807) is 11.0 Å². The number of hydrogen-bond donors (Lipinski definition) is 0. The van der Waals surface area contributed by atoms with Gasteiger partial charge in [0.2, 0.25) is 0 Å². The first kappa shape index (κ1) is 20.1. The molecule has 4 rings (SSSR count). The molecule has 1 amide bonds. The Bertz CT molecular complexity index is 1090. The number of fused-ring (bicyclic) bond motifs is 1. The quantitative estimate of drug-likeness (QED) is 0.650. The molecule has 1 aliphatic heterocycles. The lowest BCUT2D eigenvalue weighted by molar-refractivity contribution is 0.0661. The van der Waals surface area contributed by atoms with Gasteiger partial charge in [-0.25, -0.2) is 18.3 Å². The van der Waals surface area contributed by atoms with E-state index in [1.807, 2.05) is 6.92 Å². The van der Waals surface area contributed by atoms with Crippen molar-refractivity contribution in [1.29, 1.82) is 0 Å². The fourth-order valence-electron chi connectivity index (χ4n) is 3.92. The fraction of sp³-hybridized carbons (Fsp3) is 0.450. The van der Waals surface area contributed by atoms with Crippen LogP contribution in [-0.2, 0) is 0 Å². The molecule has 0 aliphatic carbocycles. The van der Waals surface area contributed by atoms with Crippen LogP contribution in [0.2, 0.25) is 0 Å². The number of halogens is 2. The van der Waals surface area contributed by atoms with Crippen molar-refractivity contribution in [3.63, 3.8) is 0 Å². The van der Waals surface area contributed by atoms with Crippen molar-refractivity contribution in [2.24, 2.45) is 5.92 Å². The Hall–Kier alpha value is -3.17. The van der Waals surface area contributed by atoms with Gasteiger partial charge in [0, 0.05) is 24.7 Å². The van der Waals surface area contributed by atoms with E-state index in [0.717, 1.165) is 6.42 Å². The number of methoxy groups -OCH3 is 1. The van der Waals surface area contributed by atoms with Crippen LogP contribution in [-0.4, -0.2) is 55.6 Å². The van der Waals surface area contributed by atoms with E-state index >= 15 is 0 Å². The SMILES string of the molecule is COc1cnc(C)cc1C(=O)N1CC[C@@H](C)C(c2cc(C(F)F)nc3ncnn23)C1. The number of pyridine rings is 1. The molecule has 158 valence electrons. The lowest BCUT2D eigenvalue weighted by Crippen LogP contribution is -2.43. The van der Waals surface area contributed by atoms with E-state index < -0.39 is 6.43 Å². The Morgan fingerprint density at radius 3 is 2.83 bits per heavy atom. The summed E-state index contributed by atoms with van der Waals surface area (Å²) >= 11 is 0. The predicted octanol–water partition coefficient (Wildman–Crippen LogP) is 3.04. The van der Waals surface area contributed by atoms with Gasteiger partial charge in [0.05, 0.1) is 24.6 Å². The van der Waals surface area contributed by atoms with Crippen LogP contribution in [0.3, 0.4) is 0 Å². The summed E-state index contributed by atoms with van der Waals surface area (Å²) in [5.74, 6) is 0.331. The van der Waals surface area contributed by atoms with Crippen LogP contribution in [0, 0.1) is 12.8 Å². The lowest BCUT2D eigenvalue weighted by atomic mass is 9.84. The molecule has 0 radical (unpaired) electrons. The summed E-state index contributed by atoms with van der Waals surface area (Å²) in [7, 11) is 1.49. The number of ether oxygens (including phenoxy) is 1. The number of hydrogen-bond acceptors (Lipinski definition) is 6. The standard InChI is InChI=1S/C20H22F2N6O2/c1-11-4-5-27(19(29)13-6-12(2)23-8-17(13)30-3)9-14(11)16-7-15(18(21)22)26-20-24-10-25-28(16)20/h6-8,10-11,14,18H,4-5,9H2,1-3H3/t11-,14?/m1/s1. The van der Waals surface area contributed by atoms with Crippen molar-refractivity contribution in [1.82, 2.24) is 29.5 Å². The summed E-state index contributed by atoms with van der Waals surface area (Å²) in [5.41, 5.74) is 1.39. The Kier molecular flexibility index (Phi) is 5.31.